The monoisotopic (exact) mass is 434 g/mol. The van der Waals surface area contributed by atoms with Gasteiger partial charge in [0.2, 0.25) is 5.88 Å². The predicted molar refractivity (Wildman–Crippen MR) is 118 cm³/mol. The number of aliphatic hydroxyl groups is 1. The van der Waals surface area contributed by atoms with Crippen LogP contribution >= 0.6 is 0 Å². The number of benzene rings is 1. The Morgan fingerprint density at radius 1 is 1.31 bits per heavy atom. The van der Waals surface area contributed by atoms with Crippen LogP contribution in [0.5, 0.6) is 5.88 Å². The van der Waals surface area contributed by atoms with Crippen LogP contribution in [0.4, 0.5) is 0 Å². The quantitative estimate of drug-likeness (QED) is 0.672. The topological polar surface area (TPSA) is 108 Å². The zero-order valence-electron chi connectivity index (χ0n) is 18.2. The van der Waals surface area contributed by atoms with Crippen LogP contribution in [0, 0.1) is 24.2 Å². The number of carbonyl (C=O) groups excluding carboxylic acids is 1. The average molecular weight is 434 g/mol. The number of hydrogen-bond acceptors (Lipinski definition) is 7. The molecule has 2 aromatic rings. The third kappa shape index (κ3) is 4.43. The lowest BCUT2D eigenvalue weighted by Gasteiger charge is -2.22. The summed E-state index contributed by atoms with van der Waals surface area (Å²) in [6.45, 7) is 2.55. The summed E-state index contributed by atoms with van der Waals surface area (Å²) in [4.78, 5) is 24.2. The SMILES string of the molecule is CO/N=C1\CC(CO)N(C(=O)c2ccc(-c3cccc(C#N)c3C)c(OCC3CC3)n2)C1. The van der Waals surface area contributed by atoms with Crippen LogP contribution in [0.25, 0.3) is 11.1 Å². The fraction of sp³-hybridized carbons (Fsp3) is 0.417. The van der Waals surface area contributed by atoms with Crippen molar-refractivity contribution in [3.63, 3.8) is 0 Å². The normalized spacial score (nSPS) is 19.1. The van der Waals surface area contributed by atoms with Crippen LogP contribution in [-0.2, 0) is 4.84 Å². The first kappa shape index (κ1) is 21.8. The number of rotatable bonds is 7. The molecule has 1 aromatic carbocycles. The summed E-state index contributed by atoms with van der Waals surface area (Å²) < 4.78 is 6.05. The third-order valence-corrected chi connectivity index (χ3v) is 5.93. The number of hydrogen-bond donors (Lipinski definition) is 1. The zero-order valence-corrected chi connectivity index (χ0v) is 18.2. The lowest BCUT2D eigenvalue weighted by molar-refractivity contribution is 0.0673. The Balaban J connectivity index is 1.69. The number of aromatic nitrogens is 1. The fourth-order valence-electron chi connectivity index (χ4n) is 3.92. The molecule has 0 spiro atoms. The number of oxime groups is 1. The van der Waals surface area contributed by atoms with Gasteiger partial charge in [-0.25, -0.2) is 4.98 Å². The van der Waals surface area contributed by atoms with Gasteiger partial charge < -0.3 is 19.6 Å². The molecule has 1 unspecified atom stereocenters. The Morgan fingerprint density at radius 3 is 2.81 bits per heavy atom. The van der Waals surface area contributed by atoms with E-state index in [1.54, 1.807) is 17.0 Å². The molecule has 0 radical (unpaired) electrons. The number of nitriles is 1. The first-order valence-electron chi connectivity index (χ1n) is 10.7. The highest BCUT2D eigenvalue weighted by atomic mass is 16.6. The zero-order chi connectivity index (χ0) is 22.7. The molecule has 1 saturated heterocycles. The summed E-state index contributed by atoms with van der Waals surface area (Å²) in [5, 5.41) is 23.1. The number of carbonyl (C=O) groups is 1. The Hall–Kier alpha value is -3.44. The Labute approximate surface area is 187 Å². The second-order valence-corrected chi connectivity index (χ2v) is 8.21. The van der Waals surface area contributed by atoms with E-state index in [-0.39, 0.29) is 30.8 Å². The molecule has 1 N–H and O–H groups in total. The molecule has 1 saturated carbocycles. The van der Waals surface area contributed by atoms with Crippen molar-refractivity contribution in [2.45, 2.75) is 32.2 Å². The molecule has 4 rings (SSSR count). The number of pyridine rings is 1. The van der Waals surface area contributed by atoms with Gasteiger partial charge in [-0.15, -0.1) is 0 Å². The number of amides is 1. The molecule has 1 amide bonds. The van der Waals surface area contributed by atoms with Gasteiger partial charge in [-0.3, -0.25) is 4.79 Å². The number of nitrogens with zero attached hydrogens (tertiary/aromatic N) is 4. The summed E-state index contributed by atoms with van der Waals surface area (Å²) in [5.74, 6) is 0.600. The van der Waals surface area contributed by atoms with E-state index in [0.29, 0.717) is 36.1 Å². The average Bonchev–Trinajstić information content (AvgIpc) is 3.55. The Bertz CT molecular complexity index is 1090. The predicted octanol–water partition coefficient (Wildman–Crippen LogP) is 2.93. The minimum atomic E-state index is -0.372. The molecule has 2 fully saturated rings. The lowest BCUT2D eigenvalue weighted by atomic mass is 9.97. The van der Waals surface area contributed by atoms with Gasteiger partial charge in [0.25, 0.3) is 5.91 Å². The van der Waals surface area contributed by atoms with Crippen LogP contribution in [0.15, 0.2) is 35.5 Å². The van der Waals surface area contributed by atoms with E-state index in [1.165, 1.54) is 7.11 Å². The van der Waals surface area contributed by atoms with Crippen LogP contribution in [0.1, 0.15) is 40.9 Å². The van der Waals surface area contributed by atoms with Crippen molar-refractivity contribution in [3.05, 3.63) is 47.2 Å². The summed E-state index contributed by atoms with van der Waals surface area (Å²) in [5.41, 5.74) is 3.97. The molecule has 2 aliphatic rings. The molecule has 8 nitrogen and oxygen atoms in total. The fourth-order valence-corrected chi connectivity index (χ4v) is 3.92. The van der Waals surface area contributed by atoms with E-state index < -0.39 is 0 Å². The molecular weight excluding hydrogens is 408 g/mol. The molecular formula is C24H26N4O4. The van der Waals surface area contributed by atoms with Crippen molar-refractivity contribution < 1.29 is 19.5 Å². The van der Waals surface area contributed by atoms with Gasteiger partial charge in [0.05, 0.1) is 43.1 Å². The summed E-state index contributed by atoms with van der Waals surface area (Å²) in [7, 11) is 1.46. The van der Waals surface area contributed by atoms with Gasteiger partial charge in [-0.1, -0.05) is 17.3 Å². The molecule has 1 atom stereocenters. The Morgan fingerprint density at radius 2 is 2.12 bits per heavy atom. The summed E-state index contributed by atoms with van der Waals surface area (Å²) in [6.07, 6.45) is 2.72. The largest absolute Gasteiger partial charge is 0.477 e. The first-order chi connectivity index (χ1) is 15.5. The van der Waals surface area contributed by atoms with Crippen molar-refractivity contribution in [2.24, 2.45) is 11.1 Å². The molecule has 1 aliphatic heterocycles. The van der Waals surface area contributed by atoms with Gasteiger partial charge in [0, 0.05) is 12.0 Å². The summed E-state index contributed by atoms with van der Waals surface area (Å²) in [6, 6.07) is 10.9. The lowest BCUT2D eigenvalue weighted by Crippen LogP contribution is -2.38. The van der Waals surface area contributed by atoms with E-state index >= 15 is 0 Å². The van der Waals surface area contributed by atoms with Gasteiger partial charge in [0.1, 0.15) is 12.8 Å². The van der Waals surface area contributed by atoms with Crippen molar-refractivity contribution in [1.82, 2.24) is 9.88 Å². The molecule has 0 bridgehead atoms. The van der Waals surface area contributed by atoms with Crippen molar-refractivity contribution in [3.8, 4) is 23.1 Å². The van der Waals surface area contributed by atoms with E-state index in [2.05, 4.69) is 16.2 Å². The number of aliphatic hydroxyl groups excluding tert-OH is 1. The highest BCUT2D eigenvalue weighted by Gasteiger charge is 2.34. The smallest absolute Gasteiger partial charge is 0.273 e. The highest BCUT2D eigenvalue weighted by Crippen LogP contribution is 2.35. The van der Waals surface area contributed by atoms with E-state index in [4.69, 9.17) is 9.57 Å². The van der Waals surface area contributed by atoms with Gasteiger partial charge in [-0.05, 0) is 55.0 Å². The summed E-state index contributed by atoms with van der Waals surface area (Å²) >= 11 is 0. The minimum Gasteiger partial charge on any atom is -0.477 e. The number of likely N-dealkylation sites (tertiary alicyclic amines) is 1. The first-order valence-corrected chi connectivity index (χ1v) is 10.7. The molecule has 1 aromatic heterocycles. The van der Waals surface area contributed by atoms with E-state index in [1.807, 2.05) is 25.1 Å². The second-order valence-electron chi connectivity index (χ2n) is 8.21. The minimum absolute atomic E-state index is 0.169. The maximum absolute atomic E-state index is 13.2. The highest BCUT2D eigenvalue weighted by molar-refractivity contribution is 5.99. The van der Waals surface area contributed by atoms with E-state index in [9.17, 15) is 15.2 Å². The Kier molecular flexibility index (Phi) is 6.37. The molecule has 32 heavy (non-hydrogen) atoms. The molecule has 8 heteroatoms. The van der Waals surface area contributed by atoms with Crippen molar-refractivity contribution >= 4 is 11.6 Å². The molecule has 1 aliphatic carbocycles. The van der Waals surface area contributed by atoms with Gasteiger partial charge in [0.15, 0.2) is 0 Å². The standard InChI is InChI=1S/C24H26N4O4/c1-15-17(11-25)4-3-5-20(15)21-8-9-22(26-23(21)32-14-16-6-7-16)24(30)28-12-18(27-31-2)10-19(28)13-29/h3-5,8-9,16,19,29H,6-7,10,12-14H2,1-2H3/b27-18+. The van der Waals surface area contributed by atoms with Crippen molar-refractivity contribution in [1.29, 1.82) is 5.26 Å². The van der Waals surface area contributed by atoms with Crippen molar-refractivity contribution in [2.75, 3.05) is 26.9 Å². The van der Waals surface area contributed by atoms with Crippen LogP contribution < -0.4 is 4.74 Å². The maximum atomic E-state index is 13.2. The van der Waals surface area contributed by atoms with Crippen LogP contribution in [-0.4, -0.2) is 59.5 Å². The van der Waals surface area contributed by atoms with Gasteiger partial charge in [-0.2, -0.15) is 5.26 Å². The molecule has 166 valence electrons. The van der Waals surface area contributed by atoms with Crippen LogP contribution in [0.2, 0.25) is 0 Å². The number of ether oxygens (including phenoxy) is 1. The van der Waals surface area contributed by atoms with Crippen LogP contribution in [0.3, 0.4) is 0 Å². The van der Waals surface area contributed by atoms with E-state index in [0.717, 1.165) is 29.5 Å². The molecule has 2 heterocycles. The maximum Gasteiger partial charge on any atom is 0.273 e. The second kappa shape index (κ2) is 9.37. The van der Waals surface area contributed by atoms with Gasteiger partial charge >= 0.3 is 0 Å². The third-order valence-electron chi connectivity index (χ3n) is 5.93.